The fraction of sp³-hybridized carbons (Fsp3) is 0.682. The Kier molecular flexibility index (Phi) is 11.0. The lowest BCUT2D eigenvalue weighted by molar-refractivity contribution is 0.120. The maximum atomic E-state index is 9.68. The van der Waals surface area contributed by atoms with Crippen molar-refractivity contribution in [3.63, 3.8) is 0 Å². The van der Waals surface area contributed by atoms with E-state index in [0.717, 1.165) is 69.4 Å². The Balaban J connectivity index is 0.00000300. The second kappa shape index (κ2) is 13.0. The zero-order chi connectivity index (χ0) is 19.8. The van der Waals surface area contributed by atoms with E-state index in [9.17, 15) is 5.11 Å². The lowest BCUT2D eigenvalue weighted by Gasteiger charge is -2.32. The number of likely N-dealkylation sites (tertiary alicyclic amines) is 1. The number of aliphatic hydroxyl groups is 1. The van der Waals surface area contributed by atoms with Crippen LogP contribution in [0.4, 0.5) is 0 Å². The molecule has 3 N–H and O–H groups in total. The van der Waals surface area contributed by atoms with Gasteiger partial charge in [-0.3, -0.25) is 9.89 Å². The Labute approximate surface area is 197 Å². The molecule has 2 fully saturated rings. The van der Waals surface area contributed by atoms with Gasteiger partial charge < -0.3 is 15.7 Å². The zero-order valence-electron chi connectivity index (χ0n) is 17.4. The van der Waals surface area contributed by atoms with E-state index in [0.29, 0.717) is 12.0 Å². The lowest BCUT2D eigenvalue weighted by atomic mass is 9.93. The number of hydrogen-bond donors (Lipinski definition) is 3. The Bertz CT molecular complexity index is 629. The highest BCUT2D eigenvalue weighted by Crippen LogP contribution is 2.22. The van der Waals surface area contributed by atoms with E-state index in [-0.39, 0.29) is 30.1 Å². The minimum atomic E-state index is -0.117. The summed E-state index contributed by atoms with van der Waals surface area (Å²) in [5, 5.41) is 17.5. The van der Waals surface area contributed by atoms with E-state index in [1.165, 1.54) is 18.4 Å². The van der Waals surface area contributed by atoms with E-state index in [4.69, 9.17) is 16.6 Å². The van der Waals surface area contributed by atoms with E-state index in [1.54, 1.807) is 0 Å². The molecule has 1 saturated carbocycles. The van der Waals surface area contributed by atoms with Gasteiger partial charge in [-0.1, -0.05) is 29.8 Å². The summed E-state index contributed by atoms with van der Waals surface area (Å²) in [6.07, 6.45) is 6.07. The molecule has 0 spiro atoms. The largest absolute Gasteiger partial charge is 0.393 e. The van der Waals surface area contributed by atoms with Crippen LogP contribution < -0.4 is 10.6 Å². The molecule has 2 aliphatic rings. The number of halogens is 2. The number of nitrogens with one attached hydrogen (secondary N) is 2. The van der Waals surface area contributed by atoms with Crippen LogP contribution in [-0.2, 0) is 6.54 Å². The Morgan fingerprint density at radius 2 is 1.83 bits per heavy atom. The Morgan fingerprint density at radius 1 is 1.14 bits per heavy atom. The van der Waals surface area contributed by atoms with Crippen molar-refractivity contribution in [1.29, 1.82) is 0 Å². The van der Waals surface area contributed by atoms with Crippen LogP contribution in [0, 0.1) is 5.92 Å². The van der Waals surface area contributed by atoms with Gasteiger partial charge >= 0.3 is 0 Å². The van der Waals surface area contributed by atoms with Gasteiger partial charge in [-0.15, -0.1) is 24.0 Å². The summed E-state index contributed by atoms with van der Waals surface area (Å²) in [6, 6.07) is 8.57. The first kappa shape index (κ1) is 24.7. The average molecular weight is 535 g/mol. The number of guanidine groups is 1. The number of benzene rings is 1. The summed E-state index contributed by atoms with van der Waals surface area (Å²) >= 11 is 6.30. The topological polar surface area (TPSA) is 59.9 Å². The number of piperidine rings is 1. The molecule has 0 aromatic heterocycles. The highest BCUT2D eigenvalue weighted by atomic mass is 127. The van der Waals surface area contributed by atoms with Crippen molar-refractivity contribution < 1.29 is 5.11 Å². The second-order valence-electron chi connectivity index (χ2n) is 8.18. The molecule has 29 heavy (non-hydrogen) atoms. The molecule has 0 atom stereocenters. The van der Waals surface area contributed by atoms with Crippen molar-refractivity contribution >= 4 is 41.5 Å². The Hall–Kier alpha value is -0.570. The molecule has 164 valence electrons. The molecule has 0 unspecified atom stereocenters. The number of aliphatic hydroxyl groups excluding tert-OH is 1. The molecule has 1 aliphatic carbocycles. The highest BCUT2D eigenvalue weighted by Gasteiger charge is 2.22. The molecule has 1 aromatic carbocycles. The molecule has 3 rings (SSSR count). The van der Waals surface area contributed by atoms with Gasteiger partial charge in [0.2, 0.25) is 0 Å². The molecule has 0 radical (unpaired) electrons. The first-order valence-electron chi connectivity index (χ1n) is 10.8. The van der Waals surface area contributed by atoms with Crippen molar-refractivity contribution in [2.24, 2.45) is 10.9 Å². The normalized spacial score (nSPS) is 24.0. The number of aliphatic imine (C=N–C) groups is 1. The summed E-state index contributed by atoms with van der Waals surface area (Å²) < 4.78 is 0. The zero-order valence-corrected chi connectivity index (χ0v) is 20.5. The van der Waals surface area contributed by atoms with E-state index in [1.807, 2.05) is 12.1 Å². The summed E-state index contributed by atoms with van der Waals surface area (Å²) in [5.74, 6) is 1.58. The average Bonchev–Trinajstić information content (AvgIpc) is 2.71. The minimum absolute atomic E-state index is 0. The molecular formula is C22H36ClIN4O. The van der Waals surface area contributed by atoms with Gasteiger partial charge in [-0.2, -0.15) is 0 Å². The fourth-order valence-corrected chi connectivity index (χ4v) is 4.34. The Morgan fingerprint density at radius 3 is 2.48 bits per heavy atom. The second-order valence-corrected chi connectivity index (χ2v) is 8.59. The van der Waals surface area contributed by atoms with Crippen LogP contribution in [0.2, 0.25) is 5.02 Å². The first-order chi connectivity index (χ1) is 13.6. The highest BCUT2D eigenvalue weighted by molar-refractivity contribution is 14.0. The van der Waals surface area contributed by atoms with Gasteiger partial charge in [-0.25, -0.2) is 0 Å². The monoisotopic (exact) mass is 534 g/mol. The third-order valence-corrected chi connectivity index (χ3v) is 6.32. The molecule has 7 heteroatoms. The molecule has 1 saturated heterocycles. The summed E-state index contributed by atoms with van der Waals surface area (Å²) in [6.45, 7) is 7.01. The van der Waals surface area contributed by atoms with E-state index in [2.05, 4.69) is 34.6 Å². The predicted molar refractivity (Wildman–Crippen MR) is 132 cm³/mol. The van der Waals surface area contributed by atoms with Crippen molar-refractivity contribution in [3.8, 4) is 0 Å². The third kappa shape index (κ3) is 8.23. The molecule has 1 aliphatic heterocycles. The lowest BCUT2D eigenvalue weighted by Crippen LogP contribution is -2.45. The van der Waals surface area contributed by atoms with Crippen LogP contribution in [0.15, 0.2) is 29.3 Å². The predicted octanol–water partition coefficient (Wildman–Crippen LogP) is 4.03. The van der Waals surface area contributed by atoms with E-state index < -0.39 is 0 Å². The maximum Gasteiger partial charge on any atom is 0.191 e. The molecule has 0 amide bonds. The number of rotatable bonds is 6. The van der Waals surface area contributed by atoms with Gasteiger partial charge in [0.05, 0.1) is 6.10 Å². The maximum absolute atomic E-state index is 9.68. The molecule has 1 aromatic rings. The number of nitrogens with zero attached hydrogens (tertiary/aromatic N) is 2. The molecular weight excluding hydrogens is 499 g/mol. The summed E-state index contributed by atoms with van der Waals surface area (Å²) in [7, 11) is 0. The molecule has 0 bridgehead atoms. The van der Waals surface area contributed by atoms with Gasteiger partial charge in [0.15, 0.2) is 5.96 Å². The van der Waals surface area contributed by atoms with Gasteiger partial charge in [0, 0.05) is 30.7 Å². The summed E-state index contributed by atoms with van der Waals surface area (Å²) in [5.41, 5.74) is 1.22. The molecule has 5 nitrogen and oxygen atoms in total. The van der Waals surface area contributed by atoms with Gasteiger partial charge in [-0.05, 0) is 76.1 Å². The number of hydrogen-bond acceptors (Lipinski definition) is 3. The standard InChI is InChI=1S/C22H35ClN4O.HI/c1-2-24-22(26-19-7-9-20(28)10-8-19)25-15-17-11-13-27(14-12-17)16-18-5-3-4-6-21(18)23;/h3-6,17,19-20,28H,2,7-16H2,1H3,(H2,24,25,26);1H. The third-order valence-electron chi connectivity index (χ3n) is 5.95. The van der Waals surface area contributed by atoms with Crippen molar-refractivity contribution in [1.82, 2.24) is 15.5 Å². The van der Waals surface area contributed by atoms with Crippen LogP contribution in [0.25, 0.3) is 0 Å². The van der Waals surface area contributed by atoms with Crippen LogP contribution in [0.3, 0.4) is 0 Å². The smallest absolute Gasteiger partial charge is 0.191 e. The first-order valence-corrected chi connectivity index (χ1v) is 11.2. The summed E-state index contributed by atoms with van der Waals surface area (Å²) in [4.78, 5) is 7.36. The van der Waals surface area contributed by atoms with Crippen molar-refractivity contribution in [2.45, 2.75) is 64.1 Å². The van der Waals surface area contributed by atoms with Crippen LogP contribution in [-0.4, -0.2) is 54.3 Å². The molecule has 1 heterocycles. The van der Waals surface area contributed by atoms with Crippen molar-refractivity contribution in [3.05, 3.63) is 34.9 Å². The SMILES string of the molecule is CCNC(=NCC1CCN(Cc2ccccc2Cl)CC1)NC1CCC(O)CC1.I. The quantitative estimate of drug-likeness (QED) is 0.293. The fourth-order valence-electron chi connectivity index (χ4n) is 4.15. The van der Waals surface area contributed by atoms with Gasteiger partial charge in [0.25, 0.3) is 0 Å². The van der Waals surface area contributed by atoms with Gasteiger partial charge in [0.1, 0.15) is 0 Å². The van der Waals surface area contributed by atoms with E-state index >= 15 is 0 Å². The van der Waals surface area contributed by atoms with Crippen LogP contribution in [0.1, 0.15) is 51.0 Å². The minimum Gasteiger partial charge on any atom is -0.393 e. The van der Waals surface area contributed by atoms with Crippen molar-refractivity contribution in [2.75, 3.05) is 26.2 Å². The van der Waals surface area contributed by atoms with Crippen LogP contribution >= 0.6 is 35.6 Å². The van der Waals surface area contributed by atoms with Crippen LogP contribution in [0.5, 0.6) is 0 Å².